The first-order valence-corrected chi connectivity index (χ1v) is 11.1. The summed E-state index contributed by atoms with van der Waals surface area (Å²) in [5, 5.41) is 10.4. The Morgan fingerprint density at radius 2 is 1.90 bits per heavy atom. The van der Waals surface area contributed by atoms with Gasteiger partial charge in [-0.1, -0.05) is 29.5 Å². The van der Waals surface area contributed by atoms with Crippen LogP contribution in [0, 0.1) is 0 Å². The Bertz CT molecular complexity index is 1160. The van der Waals surface area contributed by atoms with Crippen molar-refractivity contribution < 1.29 is 17.9 Å². The molecule has 0 saturated carbocycles. The number of rotatable bonds is 5. The van der Waals surface area contributed by atoms with Crippen LogP contribution in [0.5, 0.6) is 5.75 Å². The van der Waals surface area contributed by atoms with Crippen molar-refractivity contribution in [2.24, 2.45) is 0 Å². The Labute approximate surface area is 172 Å². The molecule has 2 aromatic carbocycles. The highest BCUT2D eigenvalue weighted by molar-refractivity contribution is 7.94. The lowest BCUT2D eigenvalue weighted by Gasteiger charge is -2.22. The molecule has 1 atom stereocenters. The summed E-state index contributed by atoms with van der Waals surface area (Å²) < 4.78 is 32.6. The molecule has 29 heavy (non-hydrogen) atoms. The molecule has 150 valence electrons. The van der Waals surface area contributed by atoms with Crippen LogP contribution in [0.25, 0.3) is 0 Å². The van der Waals surface area contributed by atoms with E-state index < -0.39 is 15.9 Å². The van der Waals surface area contributed by atoms with Gasteiger partial charge in [-0.3, -0.25) is 14.4 Å². The number of carbonyl (C=O) groups is 1. The summed E-state index contributed by atoms with van der Waals surface area (Å²) in [6, 6.07) is 13.7. The van der Waals surface area contributed by atoms with Gasteiger partial charge in [0.2, 0.25) is 5.13 Å². The quantitative estimate of drug-likeness (QED) is 0.625. The Hall–Kier alpha value is -2.98. The zero-order chi connectivity index (χ0) is 20.6. The summed E-state index contributed by atoms with van der Waals surface area (Å²) in [5.74, 6) is 0.221. The molecule has 1 N–H and O–H groups in total. The molecule has 0 radical (unpaired) electrons. The largest absolute Gasteiger partial charge is 0.497 e. The number of fused-ring (bicyclic) bond motifs is 1. The van der Waals surface area contributed by atoms with Gasteiger partial charge >= 0.3 is 0 Å². The smallest absolute Gasteiger partial charge is 0.293 e. The van der Waals surface area contributed by atoms with E-state index in [-0.39, 0.29) is 15.5 Å². The minimum atomic E-state index is -3.88. The van der Waals surface area contributed by atoms with E-state index in [4.69, 9.17) is 4.74 Å². The first-order chi connectivity index (χ1) is 13.9. The number of anilines is 2. The Morgan fingerprint density at radius 1 is 1.17 bits per heavy atom. The maximum absolute atomic E-state index is 13.2. The van der Waals surface area contributed by atoms with Crippen LogP contribution in [-0.2, 0) is 16.4 Å². The number of hydrogen-bond acceptors (Lipinski definition) is 7. The summed E-state index contributed by atoms with van der Waals surface area (Å²) in [4.78, 5) is 12.4. The van der Waals surface area contributed by atoms with Gasteiger partial charge in [0.1, 0.15) is 5.75 Å². The standard InChI is InChI=1S/C19H18N4O4S2/c1-12-11-14-5-3-4-6-16(14)23(12)29(25,26)19-22-21-18(28-19)20-17(24)13-7-9-15(27-2)10-8-13/h3-10,12H,11H2,1-2H3,(H,20,21,24). The lowest BCUT2D eigenvalue weighted by molar-refractivity contribution is 0.102. The predicted octanol–water partition coefficient (Wildman–Crippen LogP) is 2.94. The molecule has 1 unspecified atom stereocenters. The topological polar surface area (TPSA) is 101 Å². The van der Waals surface area contributed by atoms with Gasteiger partial charge in [-0.2, -0.15) is 8.42 Å². The number of amides is 1. The molecule has 1 amide bonds. The number of carbonyl (C=O) groups excluding carboxylic acids is 1. The fourth-order valence-corrected chi connectivity index (χ4v) is 5.93. The molecule has 8 nitrogen and oxygen atoms in total. The van der Waals surface area contributed by atoms with Crippen molar-refractivity contribution >= 4 is 38.1 Å². The molecule has 1 aromatic heterocycles. The maximum Gasteiger partial charge on any atom is 0.293 e. The molecule has 0 fully saturated rings. The third-order valence-corrected chi connectivity index (χ3v) is 7.72. The molecule has 0 saturated heterocycles. The molecule has 3 aromatic rings. The molecule has 2 heterocycles. The normalized spacial score (nSPS) is 15.8. The van der Waals surface area contributed by atoms with Crippen LogP contribution in [-0.4, -0.2) is 37.7 Å². The van der Waals surface area contributed by atoms with Crippen molar-refractivity contribution in [1.29, 1.82) is 0 Å². The number of hydrogen-bond donors (Lipinski definition) is 1. The summed E-state index contributed by atoms with van der Waals surface area (Å²) in [5.41, 5.74) is 2.02. The number of aromatic nitrogens is 2. The molecular formula is C19H18N4O4S2. The van der Waals surface area contributed by atoms with Crippen LogP contribution in [0.4, 0.5) is 10.8 Å². The molecule has 4 rings (SSSR count). The van der Waals surface area contributed by atoms with Gasteiger partial charge in [0, 0.05) is 11.6 Å². The number of ether oxygens (including phenoxy) is 1. The molecular weight excluding hydrogens is 412 g/mol. The van der Waals surface area contributed by atoms with Gasteiger partial charge in [-0.15, -0.1) is 10.2 Å². The second-order valence-corrected chi connectivity index (χ2v) is 9.50. The van der Waals surface area contributed by atoms with E-state index in [0.29, 0.717) is 23.4 Å². The van der Waals surface area contributed by atoms with Crippen molar-refractivity contribution in [2.75, 3.05) is 16.7 Å². The average molecular weight is 431 g/mol. The van der Waals surface area contributed by atoms with Gasteiger partial charge in [-0.05, 0) is 49.2 Å². The minimum Gasteiger partial charge on any atom is -0.497 e. The number of sulfonamides is 1. The summed E-state index contributed by atoms with van der Waals surface area (Å²) >= 11 is 0.826. The van der Waals surface area contributed by atoms with Crippen LogP contribution in [0.15, 0.2) is 52.9 Å². The number of methoxy groups -OCH3 is 1. The lowest BCUT2D eigenvalue weighted by atomic mass is 10.1. The van der Waals surface area contributed by atoms with Crippen molar-refractivity contribution in [2.45, 2.75) is 23.7 Å². The van der Waals surface area contributed by atoms with Crippen LogP contribution in [0.1, 0.15) is 22.8 Å². The van der Waals surface area contributed by atoms with Crippen LogP contribution in [0.2, 0.25) is 0 Å². The minimum absolute atomic E-state index is 0.115. The van der Waals surface area contributed by atoms with E-state index >= 15 is 0 Å². The highest BCUT2D eigenvalue weighted by Gasteiger charge is 2.38. The first-order valence-electron chi connectivity index (χ1n) is 8.81. The Morgan fingerprint density at radius 3 is 2.62 bits per heavy atom. The highest BCUT2D eigenvalue weighted by Crippen LogP contribution is 2.37. The van der Waals surface area contributed by atoms with Crippen molar-refractivity contribution in [1.82, 2.24) is 10.2 Å². The van der Waals surface area contributed by atoms with Crippen molar-refractivity contribution in [3.05, 3.63) is 59.7 Å². The second-order valence-electron chi connectivity index (χ2n) is 6.54. The van der Waals surface area contributed by atoms with Crippen LogP contribution < -0.4 is 14.4 Å². The Kier molecular flexibility index (Phi) is 4.97. The number of para-hydroxylation sites is 1. The number of nitrogens with zero attached hydrogens (tertiary/aromatic N) is 3. The van der Waals surface area contributed by atoms with E-state index in [1.54, 1.807) is 36.4 Å². The van der Waals surface area contributed by atoms with Crippen LogP contribution >= 0.6 is 11.3 Å². The van der Waals surface area contributed by atoms with Gasteiger partial charge in [0.25, 0.3) is 20.3 Å². The van der Waals surface area contributed by atoms with E-state index in [2.05, 4.69) is 15.5 Å². The zero-order valence-electron chi connectivity index (χ0n) is 15.7. The summed E-state index contributed by atoms with van der Waals surface area (Å²) in [7, 11) is -2.34. The molecule has 10 heteroatoms. The fourth-order valence-electron chi connectivity index (χ4n) is 3.26. The second kappa shape index (κ2) is 7.45. The van der Waals surface area contributed by atoms with Crippen LogP contribution in [0.3, 0.4) is 0 Å². The van der Waals surface area contributed by atoms with Gasteiger partial charge < -0.3 is 4.74 Å². The number of nitrogens with one attached hydrogen (secondary N) is 1. The van der Waals surface area contributed by atoms with Crippen molar-refractivity contribution in [3.8, 4) is 5.75 Å². The Balaban J connectivity index is 1.56. The molecule has 0 aliphatic carbocycles. The maximum atomic E-state index is 13.2. The summed E-state index contributed by atoms with van der Waals surface area (Å²) in [6.07, 6.45) is 0.634. The van der Waals surface area contributed by atoms with E-state index in [1.165, 1.54) is 11.4 Å². The monoisotopic (exact) mass is 430 g/mol. The van der Waals surface area contributed by atoms with Gasteiger partial charge in [0.15, 0.2) is 0 Å². The third-order valence-electron chi connectivity index (χ3n) is 4.60. The van der Waals surface area contributed by atoms with E-state index in [0.717, 1.165) is 16.9 Å². The lowest BCUT2D eigenvalue weighted by Crippen LogP contribution is -2.35. The predicted molar refractivity (Wildman–Crippen MR) is 110 cm³/mol. The molecule has 0 bridgehead atoms. The van der Waals surface area contributed by atoms with Crippen molar-refractivity contribution in [3.63, 3.8) is 0 Å². The van der Waals surface area contributed by atoms with Gasteiger partial charge in [-0.25, -0.2) is 0 Å². The SMILES string of the molecule is COc1ccc(C(=O)Nc2nnc(S(=O)(=O)N3c4ccccc4CC3C)s2)cc1. The zero-order valence-corrected chi connectivity index (χ0v) is 17.3. The molecule has 1 aliphatic rings. The molecule has 0 spiro atoms. The van der Waals surface area contributed by atoms with E-state index in [1.807, 2.05) is 19.1 Å². The van der Waals surface area contributed by atoms with E-state index in [9.17, 15) is 13.2 Å². The van der Waals surface area contributed by atoms with Gasteiger partial charge in [0.05, 0.1) is 12.8 Å². The third kappa shape index (κ3) is 3.56. The first kappa shape index (κ1) is 19.3. The number of benzene rings is 2. The molecule has 1 aliphatic heterocycles. The summed E-state index contributed by atoms with van der Waals surface area (Å²) in [6.45, 7) is 1.85. The average Bonchev–Trinajstić information content (AvgIpc) is 3.32. The highest BCUT2D eigenvalue weighted by atomic mass is 32.2. The fraction of sp³-hybridized carbons (Fsp3) is 0.211.